The number of thiophene rings is 1. The molecule has 0 aliphatic rings. The molecule has 0 aliphatic carbocycles. The fourth-order valence-electron chi connectivity index (χ4n) is 2.32. The van der Waals surface area contributed by atoms with Crippen molar-refractivity contribution in [3.05, 3.63) is 76.4 Å². The number of benzene rings is 1. The topological polar surface area (TPSA) is 100 Å². The summed E-state index contributed by atoms with van der Waals surface area (Å²) < 4.78 is 4.99. The van der Waals surface area contributed by atoms with E-state index in [0.29, 0.717) is 16.1 Å². The van der Waals surface area contributed by atoms with Crippen LogP contribution in [0.3, 0.4) is 0 Å². The first-order valence-electron chi connectivity index (χ1n) is 8.19. The van der Waals surface area contributed by atoms with E-state index in [4.69, 9.17) is 4.42 Å². The number of rotatable bonds is 7. The number of carbonyl (C=O) groups excluding carboxylic acids is 3. The lowest BCUT2D eigenvalue weighted by atomic mass is 10.1. The smallest absolute Gasteiger partial charge is 0.287 e. The van der Waals surface area contributed by atoms with E-state index in [2.05, 4.69) is 16.0 Å². The van der Waals surface area contributed by atoms with Crippen LogP contribution in [0.15, 0.2) is 64.6 Å². The van der Waals surface area contributed by atoms with E-state index in [1.54, 1.807) is 48.5 Å². The van der Waals surface area contributed by atoms with Crippen LogP contribution >= 0.6 is 11.3 Å². The Kier molecular flexibility index (Phi) is 6.01. The minimum atomic E-state index is -0.349. The molecule has 0 saturated heterocycles. The molecule has 0 saturated carbocycles. The first-order chi connectivity index (χ1) is 13.1. The second-order valence-electron chi connectivity index (χ2n) is 5.47. The second kappa shape index (κ2) is 8.81. The predicted octanol–water partition coefficient (Wildman–Crippen LogP) is 2.75. The molecule has 1 aromatic carbocycles. The van der Waals surface area contributed by atoms with Crippen LogP contribution in [0.2, 0.25) is 0 Å². The van der Waals surface area contributed by atoms with Gasteiger partial charge in [0, 0.05) is 13.1 Å². The fraction of sp³-hybridized carbons (Fsp3) is 0.105. The number of nitrogens with one attached hydrogen (secondary N) is 3. The lowest BCUT2D eigenvalue weighted by Crippen LogP contribution is -2.34. The Morgan fingerprint density at radius 3 is 2.33 bits per heavy atom. The molecule has 2 aromatic heterocycles. The van der Waals surface area contributed by atoms with Gasteiger partial charge >= 0.3 is 0 Å². The van der Waals surface area contributed by atoms with Crippen molar-refractivity contribution >= 4 is 34.7 Å². The van der Waals surface area contributed by atoms with Crippen molar-refractivity contribution in [2.75, 3.05) is 18.4 Å². The van der Waals surface area contributed by atoms with Crippen molar-refractivity contribution in [2.24, 2.45) is 0 Å². The van der Waals surface area contributed by atoms with Crippen LogP contribution in [0.1, 0.15) is 30.6 Å². The molecule has 0 spiro atoms. The van der Waals surface area contributed by atoms with Gasteiger partial charge in [0.15, 0.2) is 5.76 Å². The molecule has 3 rings (SSSR count). The van der Waals surface area contributed by atoms with Gasteiger partial charge in [0.25, 0.3) is 17.7 Å². The van der Waals surface area contributed by atoms with Crippen molar-refractivity contribution < 1.29 is 18.8 Å². The number of furan rings is 1. The number of hydrogen-bond donors (Lipinski definition) is 3. The number of para-hydroxylation sites is 1. The van der Waals surface area contributed by atoms with E-state index >= 15 is 0 Å². The van der Waals surface area contributed by atoms with Crippen molar-refractivity contribution in [1.82, 2.24) is 10.6 Å². The summed E-state index contributed by atoms with van der Waals surface area (Å²) in [5.41, 5.74) is 0.771. The summed E-state index contributed by atoms with van der Waals surface area (Å²) in [4.78, 5) is 36.9. The lowest BCUT2D eigenvalue weighted by molar-refractivity contribution is 0.0910. The van der Waals surface area contributed by atoms with Gasteiger partial charge in [-0.2, -0.15) is 0 Å². The van der Waals surface area contributed by atoms with E-state index in [1.165, 1.54) is 17.6 Å². The maximum atomic E-state index is 12.4. The van der Waals surface area contributed by atoms with Crippen LogP contribution < -0.4 is 16.0 Å². The Bertz CT molecular complexity index is 920. The Hall–Kier alpha value is -3.39. The molecular formula is C19H17N3O4S. The Labute approximate surface area is 159 Å². The zero-order valence-corrected chi connectivity index (χ0v) is 15.0. The summed E-state index contributed by atoms with van der Waals surface area (Å²) in [5, 5.41) is 9.92. The quantitative estimate of drug-likeness (QED) is 0.546. The largest absolute Gasteiger partial charge is 0.459 e. The minimum absolute atomic E-state index is 0.211. The average molecular weight is 383 g/mol. The van der Waals surface area contributed by atoms with Gasteiger partial charge in [0.05, 0.1) is 22.4 Å². The molecule has 8 heteroatoms. The molecule has 138 valence electrons. The highest BCUT2D eigenvalue weighted by Gasteiger charge is 2.14. The van der Waals surface area contributed by atoms with Gasteiger partial charge in [-0.3, -0.25) is 14.4 Å². The SMILES string of the molecule is O=C(NCCNC(=O)c1ccccc1NC(=O)c1cccs1)c1ccco1. The average Bonchev–Trinajstić information content (AvgIpc) is 3.39. The lowest BCUT2D eigenvalue weighted by Gasteiger charge is -2.11. The van der Waals surface area contributed by atoms with Gasteiger partial charge < -0.3 is 20.4 Å². The van der Waals surface area contributed by atoms with Crippen LogP contribution in [0.5, 0.6) is 0 Å². The summed E-state index contributed by atoms with van der Waals surface area (Å²) in [5.74, 6) is -0.749. The van der Waals surface area contributed by atoms with Crippen molar-refractivity contribution in [3.8, 4) is 0 Å². The number of anilines is 1. The number of hydrogen-bond acceptors (Lipinski definition) is 5. The van der Waals surface area contributed by atoms with Crippen LogP contribution in [-0.2, 0) is 0 Å². The van der Waals surface area contributed by atoms with Gasteiger partial charge in [-0.25, -0.2) is 0 Å². The molecule has 3 N–H and O–H groups in total. The van der Waals surface area contributed by atoms with Crippen molar-refractivity contribution in [3.63, 3.8) is 0 Å². The standard InChI is InChI=1S/C19H17N3O4S/c23-17(20-9-10-21-18(24)15-7-3-11-26-15)13-5-1-2-6-14(13)22-19(25)16-8-4-12-27-16/h1-8,11-12H,9-10H2,(H,20,23)(H,21,24)(H,22,25). The Balaban J connectivity index is 1.54. The van der Waals surface area contributed by atoms with Gasteiger partial charge in [0.2, 0.25) is 0 Å². The first kappa shape index (κ1) is 18.4. The van der Waals surface area contributed by atoms with E-state index in [-0.39, 0.29) is 36.6 Å². The summed E-state index contributed by atoms with van der Waals surface area (Å²) in [6.45, 7) is 0.480. The highest BCUT2D eigenvalue weighted by Crippen LogP contribution is 2.17. The van der Waals surface area contributed by atoms with E-state index in [1.807, 2.05) is 5.38 Å². The first-order valence-corrected chi connectivity index (χ1v) is 9.07. The molecule has 27 heavy (non-hydrogen) atoms. The third-order valence-corrected chi connectivity index (χ3v) is 4.47. The zero-order chi connectivity index (χ0) is 19.1. The van der Waals surface area contributed by atoms with E-state index < -0.39 is 0 Å². The predicted molar refractivity (Wildman–Crippen MR) is 102 cm³/mol. The molecule has 3 aromatic rings. The highest BCUT2D eigenvalue weighted by atomic mass is 32.1. The van der Waals surface area contributed by atoms with Crippen LogP contribution in [-0.4, -0.2) is 30.8 Å². The normalized spacial score (nSPS) is 10.2. The summed E-state index contributed by atoms with van der Waals surface area (Å²) in [6, 6.07) is 13.4. The zero-order valence-electron chi connectivity index (χ0n) is 14.2. The van der Waals surface area contributed by atoms with Gasteiger partial charge in [-0.05, 0) is 35.7 Å². The molecule has 0 radical (unpaired) electrons. The van der Waals surface area contributed by atoms with Gasteiger partial charge in [-0.1, -0.05) is 18.2 Å². The monoisotopic (exact) mass is 383 g/mol. The van der Waals surface area contributed by atoms with Gasteiger partial charge in [-0.15, -0.1) is 11.3 Å². The maximum absolute atomic E-state index is 12.4. The van der Waals surface area contributed by atoms with E-state index in [0.717, 1.165) is 0 Å². The maximum Gasteiger partial charge on any atom is 0.287 e. The Morgan fingerprint density at radius 1 is 0.852 bits per heavy atom. The highest BCUT2D eigenvalue weighted by molar-refractivity contribution is 7.12. The molecule has 7 nitrogen and oxygen atoms in total. The van der Waals surface area contributed by atoms with Gasteiger partial charge in [0.1, 0.15) is 0 Å². The summed E-state index contributed by atoms with van der Waals surface area (Å²) >= 11 is 1.32. The molecule has 2 heterocycles. The molecule has 0 bridgehead atoms. The third kappa shape index (κ3) is 4.83. The fourth-order valence-corrected chi connectivity index (χ4v) is 2.94. The molecular weight excluding hydrogens is 366 g/mol. The van der Waals surface area contributed by atoms with Crippen molar-refractivity contribution in [1.29, 1.82) is 0 Å². The van der Waals surface area contributed by atoms with Crippen molar-refractivity contribution in [2.45, 2.75) is 0 Å². The molecule has 3 amide bonds. The molecule has 0 atom stereocenters. The Morgan fingerprint density at radius 2 is 1.63 bits per heavy atom. The van der Waals surface area contributed by atoms with Crippen LogP contribution in [0.25, 0.3) is 0 Å². The summed E-state index contributed by atoms with van der Waals surface area (Å²) in [7, 11) is 0. The third-order valence-electron chi connectivity index (χ3n) is 3.61. The second-order valence-corrected chi connectivity index (χ2v) is 6.41. The summed E-state index contributed by atoms with van der Waals surface area (Å²) in [6.07, 6.45) is 1.41. The van der Waals surface area contributed by atoms with Crippen LogP contribution in [0.4, 0.5) is 5.69 Å². The number of carbonyl (C=O) groups is 3. The van der Waals surface area contributed by atoms with Crippen LogP contribution in [0, 0.1) is 0 Å². The number of amides is 3. The minimum Gasteiger partial charge on any atom is -0.459 e. The molecule has 0 unspecified atom stereocenters. The molecule has 0 fully saturated rings. The molecule has 0 aliphatic heterocycles. The van der Waals surface area contributed by atoms with E-state index in [9.17, 15) is 14.4 Å².